The Morgan fingerprint density at radius 1 is 1.10 bits per heavy atom. The number of anilines is 1. The summed E-state index contributed by atoms with van der Waals surface area (Å²) in [6.07, 6.45) is 3.84. The van der Waals surface area contributed by atoms with Gasteiger partial charge < -0.3 is 5.32 Å². The van der Waals surface area contributed by atoms with Gasteiger partial charge in [-0.3, -0.25) is 4.79 Å². The SMILES string of the molecule is O=C(CNc1nc2ccc(Cl)cc2s1)c1cccc(S(=O)(=O)N2CCCCCC2)c1. The minimum Gasteiger partial charge on any atom is -0.354 e. The van der Waals surface area contributed by atoms with Crippen molar-refractivity contribution < 1.29 is 13.2 Å². The lowest BCUT2D eigenvalue weighted by Gasteiger charge is -2.20. The summed E-state index contributed by atoms with van der Waals surface area (Å²) in [6, 6.07) is 11.7. The molecular formula is C21H22ClN3O3S2. The van der Waals surface area contributed by atoms with E-state index in [1.54, 1.807) is 24.3 Å². The number of thiazole rings is 1. The minimum absolute atomic E-state index is 0.0285. The first kappa shape index (κ1) is 21.2. The van der Waals surface area contributed by atoms with E-state index >= 15 is 0 Å². The van der Waals surface area contributed by atoms with E-state index in [1.165, 1.54) is 21.7 Å². The average Bonchev–Trinajstić information content (AvgIpc) is 2.94. The maximum Gasteiger partial charge on any atom is 0.243 e. The molecule has 1 saturated heterocycles. The van der Waals surface area contributed by atoms with E-state index in [0.717, 1.165) is 35.9 Å². The number of aromatic nitrogens is 1. The number of hydrogen-bond acceptors (Lipinski definition) is 6. The summed E-state index contributed by atoms with van der Waals surface area (Å²) >= 11 is 7.42. The standard InChI is InChI=1S/C21H22ClN3O3S2/c22-16-8-9-18-20(13-16)29-21(24-18)23-14-19(26)15-6-5-7-17(12-15)30(27,28)25-10-3-1-2-4-11-25/h5-9,12-13H,1-4,10-11,14H2,(H,23,24). The van der Waals surface area contributed by atoms with Crippen LogP contribution < -0.4 is 5.32 Å². The number of nitrogens with one attached hydrogen (secondary N) is 1. The Morgan fingerprint density at radius 2 is 1.87 bits per heavy atom. The summed E-state index contributed by atoms with van der Waals surface area (Å²) in [5.74, 6) is -0.194. The van der Waals surface area contributed by atoms with Gasteiger partial charge in [0.15, 0.2) is 10.9 Å². The van der Waals surface area contributed by atoms with Crippen LogP contribution in [-0.4, -0.2) is 43.1 Å². The number of rotatable bonds is 6. The first-order valence-electron chi connectivity index (χ1n) is 9.87. The lowest BCUT2D eigenvalue weighted by Crippen LogP contribution is -2.32. The van der Waals surface area contributed by atoms with Crippen molar-refractivity contribution in [3.8, 4) is 0 Å². The third kappa shape index (κ3) is 4.67. The van der Waals surface area contributed by atoms with Gasteiger partial charge in [0, 0.05) is 23.7 Å². The third-order valence-corrected chi connectivity index (χ3v) is 8.22. The quantitative estimate of drug-likeness (QED) is 0.530. The number of halogens is 1. The molecule has 0 amide bonds. The van der Waals surface area contributed by atoms with Crippen LogP contribution in [0.4, 0.5) is 5.13 Å². The van der Waals surface area contributed by atoms with Crippen molar-refractivity contribution >= 4 is 54.1 Å². The van der Waals surface area contributed by atoms with Crippen molar-refractivity contribution in [1.82, 2.24) is 9.29 Å². The molecule has 9 heteroatoms. The van der Waals surface area contributed by atoms with E-state index in [0.29, 0.717) is 28.8 Å². The summed E-state index contributed by atoms with van der Waals surface area (Å²) in [5, 5.41) is 4.29. The normalized spacial score (nSPS) is 15.8. The van der Waals surface area contributed by atoms with Gasteiger partial charge in [-0.05, 0) is 43.2 Å². The second-order valence-electron chi connectivity index (χ2n) is 7.25. The number of benzene rings is 2. The monoisotopic (exact) mass is 463 g/mol. The molecule has 0 radical (unpaired) electrons. The first-order chi connectivity index (χ1) is 14.4. The molecule has 158 valence electrons. The van der Waals surface area contributed by atoms with Crippen molar-refractivity contribution in [2.24, 2.45) is 0 Å². The molecule has 1 aliphatic rings. The number of carbonyl (C=O) groups excluding carboxylic acids is 1. The first-order valence-corrected chi connectivity index (χ1v) is 12.5. The fourth-order valence-corrected chi connectivity index (χ4v) is 6.19. The predicted molar refractivity (Wildman–Crippen MR) is 121 cm³/mol. The van der Waals surface area contributed by atoms with Crippen LogP contribution >= 0.6 is 22.9 Å². The highest BCUT2D eigenvalue weighted by molar-refractivity contribution is 7.89. The highest BCUT2D eigenvalue weighted by atomic mass is 35.5. The molecule has 6 nitrogen and oxygen atoms in total. The highest BCUT2D eigenvalue weighted by Crippen LogP contribution is 2.28. The van der Waals surface area contributed by atoms with Crippen molar-refractivity contribution in [3.05, 3.63) is 53.1 Å². The number of ketones is 1. The summed E-state index contributed by atoms with van der Waals surface area (Å²) in [4.78, 5) is 17.3. The Labute approximate surface area is 184 Å². The number of hydrogen-bond donors (Lipinski definition) is 1. The van der Waals surface area contributed by atoms with Gasteiger partial charge in [-0.2, -0.15) is 4.31 Å². The van der Waals surface area contributed by atoms with E-state index in [4.69, 9.17) is 11.6 Å². The zero-order chi connectivity index (χ0) is 21.1. The lowest BCUT2D eigenvalue weighted by atomic mass is 10.1. The van der Waals surface area contributed by atoms with Crippen LogP contribution in [0.25, 0.3) is 10.2 Å². The van der Waals surface area contributed by atoms with Gasteiger partial charge >= 0.3 is 0 Å². The van der Waals surface area contributed by atoms with Crippen LogP contribution in [0, 0.1) is 0 Å². The Bertz CT molecular complexity index is 1170. The zero-order valence-electron chi connectivity index (χ0n) is 16.3. The van der Waals surface area contributed by atoms with Gasteiger partial charge in [0.25, 0.3) is 0 Å². The molecule has 0 bridgehead atoms. The Hall–Kier alpha value is -2.00. The summed E-state index contributed by atoms with van der Waals surface area (Å²) in [5.41, 5.74) is 1.17. The van der Waals surface area contributed by atoms with Crippen LogP contribution in [0.15, 0.2) is 47.4 Å². The molecule has 4 rings (SSSR count). The molecule has 0 saturated carbocycles. The molecule has 1 aromatic heterocycles. The molecule has 3 aromatic rings. The third-order valence-electron chi connectivity index (χ3n) is 5.11. The molecule has 0 aliphatic carbocycles. The number of carbonyl (C=O) groups is 1. The largest absolute Gasteiger partial charge is 0.354 e. The van der Waals surface area contributed by atoms with Gasteiger partial charge in [0.05, 0.1) is 21.7 Å². The van der Waals surface area contributed by atoms with E-state index in [1.807, 2.05) is 12.1 Å². The van der Waals surface area contributed by atoms with E-state index < -0.39 is 10.0 Å². The molecule has 2 heterocycles. The van der Waals surface area contributed by atoms with Crippen LogP contribution in [0.1, 0.15) is 36.0 Å². The maximum absolute atomic E-state index is 13.0. The van der Waals surface area contributed by atoms with Gasteiger partial charge in [0.2, 0.25) is 10.0 Å². The van der Waals surface area contributed by atoms with Crippen LogP contribution in [0.5, 0.6) is 0 Å². The number of Topliss-reactive ketones (excluding diaryl/α,β-unsaturated/α-hetero) is 1. The van der Waals surface area contributed by atoms with Crippen molar-refractivity contribution in [3.63, 3.8) is 0 Å². The maximum atomic E-state index is 13.0. The van der Waals surface area contributed by atoms with E-state index in [9.17, 15) is 13.2 Å². The Kier molecular flexibility index (Phi) is 6.38. The van der Waals surface area contributed by atoms with Crippen molar-refractivity contribution in [2.75, 3.05) is 25.0 Å². The smallest absolute Gasteiger partial charge is 0.243 e. The van der Waals surface area contributed by atoms with E-state index in [-0.39, 0.29) is 17.2 Å². The van der Waals surface area contributed by atoms with Crippen LogP contribution in [-0.2, 0) is 10.0 Å². The molecule has 30 heavy (non-hydrogen) atoms. The van der Waals surface area contributed by atoms with Gasteiger partial charge in [-0.15, -0.1) is 0 Å². The zero-order valence-corrected chi connectivity index (χ0v) is 18.7. The molecule has 2 aromatic carbocycles. The van der Waals surface area contributed by atoms with Gasteiger partial charge in [-0.1, -0.05) is 47.9 Å². The van der Waals surface area contributed by atoms with Crippen LogP contribution in [0.3, 0.4) is 0 Å². The average molecular weight is 464 g/mol. The molecular weight excluding hydrogens is 442 g/mol. The van der Waals surface area contributed by atoms with Gasteiger partial charge in [0.1, 0.15) is 0 Å². The highest BCUT2D eigenvalue weighted by Gasteiger charge is 2.25. The van der Waals surface area contributed by atoms with Crippen LogP contribution in [0.2, 0.25) is 5.02 Å². The van der Waals surface area contributed by atoms with Crippen molar-refractivity contribution in [1.29, 1.82) is 0 Å². The van der Waals surface area contributed by atoms with Crippen molar-refractivity contribution in [2.45, 2.75) is 30.6 Å². The molecule has 1 fully saturated rings. The Balaban J connectivity index is 1.47. The molecule has 0 unspecified atom stereocenters. The Morgan fingerprint density at radius 3 is 2.63 bits per heavy atom. The number of nitrogens with zero attached hydrogens (tertiary/aromatic N) is 2. The number of fused-ring (bicyclic) bond motifs is 1. The second-order valence-corrected chi connectivity index (χ2v) is 10.7. The topological polar surface area (TPSA) is 79.4 Å². The summed E-state index contributed by atoms with van der Waals surface area (Å²) in [7, 11) is -3.59. The fourth-order valence-electron chi connectivity index (χ4n) is 3.49. The van der Waals surface area contributed by atoms with E-state index in [2.05, 4.69) is 10.3 Å². The minimum atomic E-state index is -3.59. The molecule has 0 spiro atoms. The van der Waals surface area contributed by atoms with Gasteiger partial charge in [-0.25, -0.2) is 13.4 Å². The number of sulfonamides is 1. The molecule has 1 N–H and O–H groups in total. The second kappa shape index (κ2) is 9.01. The fraction of sp³-hybridized carbons (Fsp3) is 0.333. The lowest BCUT2D eigenvalue weighted by molar-refractivity contribution is 0.101. The summed E-state index contributed by atoms with van der Waals surface area (Å²) in [6.45, 7) is 1.09. The predicted octanol–water partition coefficient (Wildman–Crippen LogP) is 4.81. The molecule has 0 atom stereocenters. The summed E-state index contributed by atoms with van der Waals surface area (Å²) < 4.78 is 28.5. The molecule has 1 aliphatic heterocycles.